The van der Waals surface area contributed by atoms with Gasteiger partial charge < -0.3 is 64.3 Å². The number of hydrogen-bond donors (Lipinski definition) is 5. The topological polar surface area (TPSA) is 227 Å². The standard InChI is InChI=1S/C38H45N3O14/c1-15-32-20(41-7-8-50-36(49-3)35(41)55-32)9-23(53-15)54-22-11-38(47,37(46)40-12-16-13-51-34-19(39)14-52-33(16)34)10-18-25(22)31(45)27-26(29(18)43)28(42)17-5-4-6-21(48-2)24(17)30(27)44/h4-6,15-16,19-20,22-23,32-36,43,45,47H,7-14,39H2,1-3H3,(H,40,46)/t15-,16-,19-,20-,22-,23-,32+,33+,34+,35+,36-,38-/m0/s1. The number of carbonyl (C=O) groups excluding carboxylic acids is 3. The molecule has 0 spiro atoms. The first kappa shape index (κ1) is 36.9. The lowest BCUT2D eigenvalue weighted by atomic mass is 9.72. The number of phenols is 2. The van der Waals surface area contributed by atoms with Crippen LogP contribution in [0.3, 0.4) is 0 Å². The van der Waals surface area contributed by atoms with Crippen molar-refractivity contribution in [2.45, 2.75) is 93.2 Å². The molecule has 0 radical (unpaired) electrons. The Balaban J connectivity index is 1.07. The highest BCUT2D eigenvalue weighted by Crippen LogP contribution is 2.53. The van der Waals surface area contributed by atoms with E-state index in [2.05, 4.69) is 10.2 Å². The molecule has 5 saturated heterocycles. The van der Waals surface area contributed by atoms with Gasteiger partial charge in [-0.2, -0.15) is 0 Å². The number of ether oxygens (including phenoxy) is 8. The molecule has 5 aliphatic heterocycles. The Morgan fingerprint density at radius 2 is 1.80 bits per heavy atom. The third kappa shape index (κ3) is 5.70. The van der Waals surface area contributed by atoms with Crippen molar-refractivity contribution in [3.63, 3.8) is 0 Å². The van der Waals surface area contributed by atoms with E-state index in [1.54, 1.807) is 7.11 Å². The number of aromatic hydroxyl groups is 2. The number of nitrogens with two attached hydrogens (primary N) is 1. The van der Waals surface area contributed by atoms with E-state index in [0.717, 1.165) is 0 Å². The van der Waals surface area contributed by atoms with Crippen molar-refractivity contribution >= 4 is 17.5 Å². The summed E-state index contributed by atoms with van der Waals surface area (Å²) in [6.45, 7) is 3.59. The number of benzene rings is 2. The fourth-order valence-electron chi connectivity index (χ4n) is 9.67. The zero-order valence-corrected chi connectivity index (χ0v) is 30.6. The van der Waals surface area contributed by atoms with E-state index >= 15 is 0 Å². The Kier molecular flexibility index (Phi) is 9.20. The van der Waals surface area contributed by atoms with E-state index in [-0.39, 0.29) is 77.3 Å². The minimum Gasteiger partial charge on any atom is -0.507 e. The zero-order valence-electron chi connectivity index (χ0n) is 30.6. The maximum Gasteiger partial charge on any atom is 0.252 e. The maximum atomic E-state index is 14.1. The number of amides is 1. The van der Waals surface area contributed by atoms with Gasteiger partial charge in [0.05, 0.1) is 68.0 Å². The molecule has 2 aromatic carbocycles. The Hall–Kier alpha value is -3.75. The van der Waals surface area contributed by atoms with Crippen molar-refractivity contribution in [1.29, 1.82) is 0 Å². The first-order valence-corrected chi connectivity index (χ1v) is 18.7. The number of nitrogens with one attached hydrogen (secondary N) is 1. The Labute approximate surface area is 315 Å². The third-order valence-electron chi connectivity index (χ3n) is 12.3. The van der Waals surface area contributed by atoms with Gasteiger partial charge in [0, 0.05) is 68.1 Å². The molecule has 12 atom stereocenters. The lowest BCUT2D eigenvalue weighted by Crippen LogP contribution is -2.55. The van der Waals surface area contributed by atoms with Crippen LogP contribution >= 0.6 is 0 Å². The van der Waals surface area contributed by atoms with Crippen LogP contribution in [-0.4, -0.2) is 146 Å². The molecule has 17 heteroatoms. The van der Waals surface area contributed by atoms with Crippen LogP contribution in [0.4, 0.5) is 0 Å². The molecular formula is C38H45N3O14. The number of rotatable bonds is 7. The Bertz CT molecular complexity index is 1930. The summed E-state index contributed by atoms with van der Waals surface area (Å²) in [5.74, 6) is -3.58. The van der Waals surface area contributed by atoms with E-state index in [1.807, 2.05) is 6.92 Å². The molecule has 5 fully saturated rings. The van der Waals surface area contributed by atoms with Gasteiger partial charge in [-0.25, -0.2) is 0 Å². The second kappa shape index (κ2) is 13.7. The molecule has 0 bridgehead atoms. The predicted molar refractivity (Wildman–Crippen MR) is 186 cm³/mol. The number of aliphatic hydroxyl groups is 1. The van der Waals surface area contributed by atoms with Gasteiger partial charge in [0.1, 0.15) is 35.1 Å². The zero-order chi connectivity index (χ0) is 38.5. The minimum absolute atomic E-state index is 0.0240. The van der Waals surface area contributed by atoms with E-state index < -0.39 is 83.1 Å². The predicted octanol–water partition coefficient (Wildman–Crippen LogP) is 0.00720. The first-order chi connectivity index (χ1) is 26.4. The van der Waals surface area contributed by atoms with Gasteiger partial charge in [-0.15, -0.1) is 0 Å². The van der Waals surface area contributed by atoms with Crippen LogP contribution in [-0.2, 0) is 44.4 Å². The Morgan fingerprint density at radius 3 is 2.58 bits per heavy atom. The molecule has 9 rings (SSSR count). The van der Waals surface area contributed by atoms with Crippen LogP contribution in [0.25, 0.3) is 0 Å². The smallest absolute Gasteiger partial charge is 0.252 e. The average Bonchev–Trinajstić information content (AvgIpc) is 3.88. The summed E-state index contributed by atoms with van der Waals surface area (Å²) in [5.41, 5.74) is 2.84. The number of carbonyl (C=O) groups is 3. The Morgan fingerprint density at radius 1 is 1.02 bits per heavy atom. The SMILES string of the molecule is COc1cccc2c1C(=O)c1c(O)c3c(c(O)c1C2=O)C[C@@](O)(C(=O)NC[C@H]1CO[C@H]2[C@@H]1OC[C@@H]2N)C[C@@H]3O[C@H]1C[C@H]2[C@H](O[C@@H]3[C@@H](OC)OCCN32)[C@H](C)O1. The summed E-state index contributed by atoms with van der Waals surface area (Å²) >= 11 is 0. The summed E-state index contributed by atoms with van der Waals surface area (Å²) in [4.78, 5) is 44.3. The molecule has 5 heterocycles. The number of ketones is 2. The lowest BCUT2D eigenvalue weighted by molar-refractivity contribution is -0.256. The van der Waals surface area contributed by atoms with Crippen molar-refractivity contribution in [3.8, 4) is 17.2 Å². The van der Waals surface area contributed by atoms with Gasteiger partial charge in [-0.3, -0.25) is 19.3 Å². The number of nitrogens with zero attached hydrogens (tertiary/aromatic N) is 1. The van der Waals surface area contributed by atoms with Gasteiger partial charge in [-0.1, -0.05) is 12.1 Å². The van der Waals surface area contributed by atoms with Crippen molar-refractivity contribution in [2.75, 3.05) is 47.1 Å². The summed E-state index contributed by atoms with van der Waals surface area (Å²) in [5, 5.41) is 39.0. The van der Waals surface area contributed by atoms with Crippen LogP contribution in [0.2, 0.25) is 0 Å². The molecule has 2 aliphatic carbocycles. The second-order valence-corrected chi connectivity index (χ2v) is 15.4. The fraction of sp³-hybridized carbons (Fsp3) is 0.605. The number of fused-ring (bicyclic) bond motifs is 7. The van der Waals surface area contributed by atoms with Crippen LogP contribution in [0.1, 0.15) is 68.8 Å². The molecule has 296 valence electrons. The molecule has 0 unspecified atom stereocenters. The molecule has 17 nitrogen and oxygen atoms in total. The molecule has 0 saturated carbocycles. The van der Waals surface area contributed by atoms with Crippen LogP contribution in [0.15, 0.2) is 18.2 Å². The minimum atomic E-state index is -2.20. The molecule has 0 aromatic heterocycles. The molecule has 6 N–H and O–H groups in total. The molecule has 55 heavy (non-hydrogen) atoms. The van der Waals surface area contributed by atoms with E-state index in [0.29, 0.717) is 32.8 Å². The van der Waals surface area contributed by atoms with Crippen molar-refractivity contribution in [1.82, 2.24) is 10.2 Å². The summed E-state index contributed by atoms with van der Waals surface area (Å²) < 4.78 is 47.6. The highest BCUT2D eigenvalue weighted by molar-refractivity contribution is 6.31. The van der Waals surface area contributed by atoms with Gasteiger partial charge in [0.2, 0.25) is 5.78 Å². The molecule has 7 aliphatic rings. The van der Waals surface area contributed by atoms with Crippen molar-refractivity contribution in [2.24, 2.45) is 11.7 Å². The number of phenolic OH excluding ortho intramolecular Hbond substituents is 2. The lowest BCUT2D eigenvalue weighted by Gasteiger charge is -2.43. The van der Waals surface area contributed by atoms with Gasteiger partial charge >= 0.3 is 0 Å². The van der Waals surface area contributed by atoms with Gasteiger partial charge in [0.15, 0.2) is 24.6 Å². The third-order valence-corrected chi connectivity index (χ3v) is 12.3. The van der Waals surface area contributed by atoms with E-state index in [9.17, 15) is 29.7 Å². The van der Waals surface area contributed by atoms with Gasteiger partial charge in [-0.05, 0) is 13.0 Å². The molecule has 2 aromatic rings. The monoisotopic (exact) mass is 767 g/mol. The number of methoxy groups -OCH3 is 2. The van der Waals surface area contributed by atoms with E-state index in [1.165, 1.54) is 25.3 Å². The van der Waals surface area contributed by atoms with Crippen molar-refractivity contribution in [3.05, 3.63) is 51.6 Å². The summed E-state index contributed by atoms with van der Waals surface area (Å²) in [6.07, 6.45) is -5.33. The fourth-order valence-corrected chi connectivity index (χ4v) is 9.67. The highest BCUT2D eigenvalue weighted by Gasteiger charge is 2.56. The number of hydrogen-bond acceptors (Lipinski definition) is 16. The second-order valence-electron chi connectivity index (χ2n) is 15.4. The maximum absolute atomic E-state index is 14.1. The number of morpholine rings is 1. The van der Waals surface area contributed by atoms with Crippen LogP contribution in [0.5, 0.6) is 17.2 Å². The molecule has 1 amide bonds. The highest BCUT2D eigenvalue weighted by atomic mass is 16.7. The normalized spacial score (nSPS) is 37.7. The molecular weight excluding hydrogens is 722 g/mol. The van der Waals surface area contributed by atoms with Crippen LogP contribution < -0.4 is 15.8 Å². The van der Waals surface area contributed by atoms with Crippen LogP contribution in [0, 0.1) is 5.92 Å². The summed E-state index contributed by atoms with van der Waals surface area (Å²) in [6, 6.07) is 4.04. The largest absolute Gasteiger partial charge is 0.507 e. The first-order valence-electron chi connectivity index (χ1n) is 18.7. The summed E-state index contributed by atoms with van der Waals surface area (Å²) in [7, 11) is 2.91. The van der Waals surface area contributed by atoms with Gasteiger partial charge in [0.25, 0.3) is 5.91 Å². The van der Waals surface area contributed by atoms with E-state index in [4.69, 9.17) is 43.6 Å². The average molecular weight is 768 g/mol. The quantitative estimate of drug-likeness (QED) is 0.200. The van der Waals surface area contributed by atoms with Crippen molar-refractivity contribution < 1.29 is 67.6 Å².